The number of amides is 3. The first-order valence-corrected chi connectivity index (χ1v) is 13.5. The van der Waals surface area contributed by atoms with Gasteiger partial charge in [-0.25, -0.2) is 4.79 Å². The number of nitrogens with two attached hydrogens (primary N) is 1. The van der Waals surface area contributed by atoms with Crippen LogP contribution in [0.15, 0.2) is 107 Å². The molecule has 0 aliphatic heterocycles. The molecule has 0 saturated heterocycles. The molecule has 2 aromatic carbocycles. The predicted molar refractivity (Wildman–Crippen MR) is 178 cm³/mol. The molecule has 43 heavy (non-hydrogen) atoms. The zero-order chi connectivity index (χ0) is 32.8. The Labute approximate surface area is 258 Å². The van der Waals surface area contributed by atoms with E-state index in [9.17, 15) is 9.59 Å². The molecule has 0 fully saturated rings. The molecule has 236 valence electrons. The summed E-state index contributed by atoms with van der Waals surface area (Å²) in [4.78, 5) is 34.0. The molecule has 0 aliphatic rings. The van der Waals surface area contributed by atoms with Crippen molar-refractivity contribution < 1.29 is 31.5 Å². The van der Waals surface area contributed by atoms with Crippen molar-refractivity contribution in [1.82, 2.24) is 5.32 Å². The molecule has 0 aliphatic carbocycles. The lowest BCUT2D eigenvalue weighted by molar-refractivity contribution is -0.120. The second kappa shape index (κ2) is 21.8. The van der Waals surface area contributed by atoms with Gasteiger partial charge < -0.3 is 35.0 Å². The standard InChI is InChI=1S/C19H23N3O3.C13H16O.CH4O.CH2O.2H2/c1-3-22(15-9-11-16(25-2)12-10-15)18(23)17(21-19(20)24)13-14-7-5-4-6-8-14;1-5-12(8-11(4)10(2)3)13-6-7-14-9-13;2*1-2;;/h4-12,17H,3,13H2,1-2H3,(H3,20,21,24);5-9H,2H2,1,3-4H3;2H,1H3;1H2;2*1H/b;11-8-,12-5+;;;;/t17-;;;;;/m0...../s1. The third-order valence-corrected chi connectivity index (χ3v) is 6.07. The van der Waals surface area contributed by atoms with E-state index in [1.54, 1.807) is 36.7 Å². The molecule has 1 heterocycles. The lowest BCUT2D eigenvalue weighted by Gasteiger charge is -2.27. The first kappa shape index (κ1) is 38.1. The Morgan fingerprint density at radius 2 is 1.70 bits per heavy atom. The largest absolute Gasteiger partial charge is 0.497 e. The molecular formula is C34H49N3O6. The molecule has 4 N–H and O–H groups in total. The number of anilines is 1. The second-order valence-electron chi connectivity index (χ2n) is 8.90. The van der Waals surface area contributed by atoms with Crippen LogP contribution < -0.4 is 20.7 Å². The van der Waals surface area contributed by atoms with Crippen LogP contribution in [-0.2, 0) is 16.0 Å². The molecule has 3 aromatic rings. The number of aliphatic hydroxyl groups is 1. The van der Waals surface area contributed by atoms with Crippen molar-refractivity contribution in [2.75, 3.05) is 25.7 Å². The van der Waals surface area contributed by atoms with Crippen LogP contribution >= 0.6 is 0 Å². The van der Waals surface area contributed by atoms with E-state index in [2.05, 4.69) is 31.0 Å². The second-order valence-corrected chi connectivity index (χ2v) is 8.90. The van der Waals surface area contributed by atoms with Crippen LogP contribution in [-0.4, -0.2) is 50.6 Å². The Bertz CT molecular complexity index is 1300. The number of likely N-dealkylation sites (N-methyl/N-ethyl adjacent to an activating group) is 1. The summed E-state index contributed by atoms with van der Waals surface area (Å²) in [5.74, 6) is 0.499. The number of hydrogen-bond donors (Lipinski definition) is 3. The van der Waals surface area contributed by atoms with Gasteiger partial charge in [-0.2, -0.15) is 0 Å². The molecule has 9 nitrogen and oxygen atoms in total. The Morgan fingerprint density at radius 1 is 1.09 bits per heavy atom. The molecule has 1 aromatic heterocycles. The fourth-order valence-corrected chi connectivity index (χ4v) is 3.76. The van der Waals surface area contributed by atoms with Gasteiger partial charge in [0, 0.05) is 34.2 Å². The molecule has 3 amide bonds. The number of aliphatic hydroxyl groups excluding tert-OH is 1. The van der Waals surface area contributed by atoms with E-state index < -0.39 is 12.1 Å². The Hall–Kier alpha value is -4.89. The Morgan fingerprint density at radius 3 is 2.14 bits per heavy atom. The number of rotatable bonds is 10. The highest BCUT2D eigenvalue weighted by Crippen LogP contribution is 2.21. The number of urea groups is 1. The number of benzene rings is 2. The number of nitrogens with zero attached hydrogens (tertiary/aromatic N) is 1. The molecule has 1 atom stereocenters. The lowest BCUT2D eigenvalue weighted by Crippen LogP contribution is -2.51. The first-order chi connectivity index (χ1) is 20.7. The van der Waals surface area contributed by atoms with E-state index in [0.29, 0.717) is 18.7 Å². The molecule has 0 unspecified atom stereocenters. The van der Waals surface area contributed by atoms with Gasteiger partial charge in [0.25, 0.3) is 0 Å². The number of carbonyl (C=O) groups excluding carboxylic acids is 3. The summed E-state index contributed by atoms with van der Waals surface area (Å²) in [7, 11) is 2.59. The monoisotopic (exact) mass is 595 g/mol. The third-order valence-electron chi connectivity index (χ3n) is 6.07. The van der Waals surface area contributed by atoms with Crippen molar-refractivity contribution in [2.24, 2.45) is 5.73 Å². The van der Waals surface area contributed by atoms with Crippen molar-refractivity contribution in [2.45, 2.75) is 40.2 Å². The topological polar surface area (TPSA) is 135 Å². The summed E-state index contributed by atoms with van der Waals surface area (Å²) < 4.78 is 10.2. The average Bonchev–Trinajstić information content (AvgIpc) is 3.57. The number of methoxy groups -OCH3 is 1. The van der Waals surface area contributed by atoms with Crippen LogP contribution in [0, 0.1) is 0 Å². The number of ether oxygens (including phenoxy) is 1. The van der Waals surface area contributed by atoms with E-state index in [0.717, 1.165) is 29.5 Å². The van der Waals surface area contributed by atoms with Crippen LogP contribution in [0.3, 0.4) is 0 Å². The van der Waals surface area contributed by atoms with Gasteiger partial charge in [0.15, 0.2) is 0 Å². The minimum Gasteiger partial charge on any atom is -0.497 e. The van der Waals surface area contributed by atoms with Gasteiger partial charge in [-0.3, -0.25) is 4.79 Å². The number of primary amides is 1. The normalized spacial score (nSPS) is 11.1. The Balaban J connectivity index is -0.000000755. The summed E-state index contributed by atoms with van der Waals surface area (Å²) in [5.41, 5.74) is 11.5. The molecular weight excluding hydrogens is 546 g/mol. The van der Waals surface area contributed by atoms with Gasteiger partial charge in [-0.05, 0) is 74.7 Å². The SMILES string of the molecule is C=C(C)/C(C)=C\C(=C/C)c1ccoc1.C=O.CCN(C(=O)[C@H](Cc1ccccc1)NC(N)=O)c1ccc(OC)cc1.CO.[HH].[HH]. The fourth-order valence-electron chi connectivity index (χ4n) is 3.76. The lowest BCUT2D eigenvalue weighted by atomic mass is 10.0. The maximum absolute atomic E-state index is 13.0. The first-order valence-electron chi connectivity index (χ1n) is 13.5. The zero-order valence-corrected chi connectivity index (χ0v) is 26.0. The van der Waals surface area contributed by atoms with Crippen molar-refractivity contribution in [1.29, 1.82) is 0 Å². The smallest absolute Gasteiger partial charge is 0.312 e. The maximum Gasteiger partial charge on any atom is 0.312 e. The van der Waals surface area contributed by atoms with E-state index >= 15 is 0 Å². The van der Waals surface area contributed by atoms with Crippen LogP contribution in [0.25, 0.3) is 5.57 Å². The van der Waals surface area contributed by atoms with E-state index in [1.165, 1.54) is 11.1 Å². The number of furan rings is 1. The Kier molecular flexibility index (Phi) is 19.3. The molecule has 3 rings (SSSR count). The summed E-state index contributed by atoms with van der Waals surface area (Å²) in [6.07, 6.45) is 7.99. The van der Waals surface area contributed by atoms with Gasteiger partial charge >= 0.3 is 6.03 Å². The number of hydrogen-bond acceptors (Lipinski definition) is 6. The van der Waals surface area contributed by atoms with Crippen LogP contribution in [0.5, 0.6) is 5.75 Å². The van der Waals surface area contributed by atoms with Crippen molar-refractivity contribution in [3.05, 3.63) is 114 Å². The van der Waals surface area contributed by atoms with Crippen molar-refractivity contribution in [3.63, 3.8) is 0 Å². The summed E-state index contributed by atoms with van der Waals surface area (Å²) in [6.45, 7) is 14.3. The molecule has 9 heteroatoms. The van der Waals surface area contributed by atoms with Gasteiger partial charge in [0.1, 0.15) is 18.6 Å². The average molecular weight is 596 g/mol. The summed E-state index contributed by atoms with van der Waals surface area (Å²) in [5, 5.41) is 9.56. The molecule has 0 radical (unpaired) electrons. The third kappa shape index (κ3) is 13.5. The zero-order valence-electron chi connectivity index (χ0n) is 26.0. The summed E-state index contributed by atoms with van der Waals surface area (Å²) >= 11 is 0. The quantitative estimate of drug-likeness (QED) is 0.231. The molecule has 0 saturated carbocycles. The molecule has 0 spiro atoms. The van der Waals surface area contributed by atoms with Gasteiger partial charge in [0.05, 0.1) is 19.6 Å². The van der Waals surface area contributed by atoms with Gasteiger partial charge in [-0.15, -0.1) is 0 Å². The number of nitrogens with one attached hydrogen (secondary N) is 1. The molecule has 0 bridgehead atoms. The number of carbonyl (C=O) groups is 3. The minimum absolute atomic E-state index is 0. The highest BCUT2D eigenvalue weighted by atomic mass is 16.5. The van der Waals surface area contributed by atoms with Crippen LogP contribution in [0.2, 0.25) is 0 Å². The predicted octanol–water partition coefficient (Wildman–Crippen LogP) is 6.45. The fraction of sp³-hybridized carbons (Fsp3) is 0.265. The number of allylic oxidation sites excluding steroid dienone is 5. The van der Waals surface area contributed by atoms with Gasteiger partial charge in [0.2, 0.25) is 5.91 Å². The highest BCUT2D eigenvalue weighted by molar-refractivity contribution is 5.99. The van der Waals surface area contributed by atoms with Crippen molar-refractivity contribution in [3.8, 4) is 5.75 Å². The van der Waals surface area contributed by atoms with E-state index in [4.69, 9.17) is 24.8 Å². The maximum atomic E-state index is 13.0. The minimum atomic E-state index is -0.734. The van der Waals surface area contributed by atoms with Crippen molar-refractivity contribution >= 4 is 30.0 Å². The van der Waals surface area contributed by atoms with Crippen LogP contribution in [0.4, 0.5) is 10.5 Å². The van der Waals surface area contributed by atoms with Gasteiger partial charge in [-0.1, -0.05) is 54.6 Å². The summed E-state index contributed by atoms with van der Waals surface area (Å²) in [6, 6.07) is 17.2. The van der Waals surface area contributed by atoms with Crippen LogP contribution in [0.1, 0.15) is 41.7 Å². The van der Waals surface area contributed by atoms with E-state index in [-0.39, 0.29) is 8.76 Å². The highest BCUT2D eigenvalue weighted by Gasteiger charge is 2.26. The van der Waals surface area contributed by atoms with E-state index in [1.807, 2.05) is 76.1 Å².